The third kappa shape index (κ3) is 4.05. The fraction of sp³-hybridized carbons (Fsp3) is 0.318. The highest BCUT2D eigenvalue weighted by atomic mass is 19.1. The lowest BCUT2D eigenvalue weighted by atomic mass is 10.1. The van der Waals surface area contributed by atoms with Gasteiger partial charge in [0.05, 0.1) is 24.6 Å². The first kappa shape index (κ1) is 19.3. The Kier molecular flexibility index (Phi) is 5.40. The smallest absolute Gasteiger partial charge is 0.251 e. The van der Waals surface area contributed by atoms with Crippen LogP contribution in [0.3, 0.4) is 0 Å². The van der Waals surface area contributed by atoms with Gasteiger partial charge in [0.2, 0.25) is 11.8 Å². The van der Waals surface area contributed by atoms with Gasteiger partial charge in [0, 0.05) is 26.2 Å². The fourth-order valence-corrected chi connectivity index (χ4v) is 3.93. The van der Waals surface area contributed by atoms with Gasteiger partial charge in [0.15, 0.2) is 0 Å². The van der Waals surface area contributed by atoms with Crippen LogP contribution in [0.5, 0.6) is 0 Å². The third-order valence-corrected chi connectivity index (χ3v) is 5.51. The van der Waals surface area contributed by atoms with E-state index in [1.54, 1.807) is 0 Å². The Bertz CT molecular complexity index is 909. The monoisotopic (exact) mass is 395 g/mol. The molecule has 2 aliphatic heterocycles. The molecule has 29 heavy (non-hydrogen) atoms. The Morgan fingerprint density at radius 2 is 1.59 bits per heavy atom. The summed E-state index contributed by atoms with van der Waals surface area (Å²) in [5.41, 5.74) is 1.37. The standard InChI is InChI=1S/C22H22FN3O3/c23-17-6-8-18(9-7-17)26-21(28)15-19(22(26)29)24-10-12-25(13-11-24)20(27)14-16-4-2-1-3-5-16/h1-9,19H,10-15H2/t19-/m0/s1. The van der Waals surface area contributed by atoms with Gasteiger partial charge in [-0.25, -0.2) is 9.29 Å². The summed E-state index contributed by atoms with van der Waals surface area (Å²) in [6.07, 6.45) is 0.466. The Morgan fingerprint density at radius 3 is 2.24 bits per heavy atom. The van der Waals surface area contributed by atoms with E-state index in [2.05, 4.69) is 0 Å². The molecule has 0 bridgehead atoms. The minimum Gasteiger partial charge on any atom is -0.340 e. The number of halogens is 1. The zero-order valence-electron chi connectivity index (χ0n) is 16.0. The van der Waals surface area contributed by atoms with Gasteiger partial charge in [0.25, 0.3) is 5.91 Å². The molecule has 0 spiro atoms. The summed E-state index contributed by atoms with van der Waals surface area (Å²) in [4.78, 5) is 42.7. The van der Waals surface area contributed by atoms with E-state index in [1.165, 1.54) is 24.3 Å². The number of hydrogen-bond donors (Lipinski definition) is 0. The first-order valence-electron chi connectivity index (χ1n) is 9.71. The lowest BCUT2D eigenvalue weighted by Crippen LogP contribution is -2.54. The molecule has 2 heterocycles. The summed E-state index contributed by atoms with van der Waals surface area (Å²) in [5, 5.41) is 0. The number of benzene rings is 2. The highest BCUT2D eigenvalue weighted by Crippen LogP contribution is 2.26. The molecule has 0 saturated carbocycles. The van der Waals surface area contributed by atoms with Crippen LogP contribution in [0.15, 0.2) is 54.6 Å². The van der Waals surface area contributed by atoms with E-state index in [4.69, 9.17) is 0 Å². The van der Waals surface area contributed by atoms with Crippen molar-refractivity contribution in [2.45, 2.75) is 18.9 Å². The molecule has 4 rings (SSSR count). The van der Waals surface area contributed by atoms with Crippen LogP contribution < -0.4 is 4.90 Å². The van der Waals surface area contributed by atoms with Gasteiger partial charge in [-0.05, 0) is 29.8 Å². The fourth-order valence-electron chi connectivity index (χ4n) is 3.93. The van der Waals surface area contributed by atoms with Gasteiger partial charge in [0.1, 0.15) is 5.82 Å². The predicted octanol–water partition coefficient (Wildman–Crippen LogP) is 1.84. The van der Waals surface area contributed by atoms with Crippen molar-refractivity contribution in [2.75, 3.05) is 31.1 Å². The third-order valence-electron chi connectivity index (χ3n) is 5.51. The molecule has 2 fully saturated rings. The van der Waals surface area contributed by atoms with Crippen molar-refractivity contribution in [3.63, 3.8) is 0 Å². The van der Waals surface area contributed by atoms with Crippen LogP contribution in [0, 0.1) is 5.82 Å². The van der Waals surface area contributed by atoms with Crippen molar-refractivity contribution >= 4 is 23.4 Å². The van der Waals surface area contributed by atoms with Crippen molar-refractivity contribution in [3.8, 4) is 0 Å². The number of amides is 3. The molecule has 7 heteroatoms. The first-order valence-corrected chi connectivity index (χ1v) is 9.71. The van der Waals surface area contributed by atoms with Crippen LogP contribution in [0.1, 0.15) is 12.0 Å². The molecule has 3 amide bonds. The minimum atomic E-state index is -0.529. The molecule has 0 radical (unpaired) electrons. The molecule has 2 saturated heterocycles. The second-order valence-corrected chi connectivity index (χ2v) is 7.34. The van der Waals surface area contributed by atoms with Crippen LogP contribution in [0.4, 0.5) is 10.1 Å². The number of hydrogen-bond acceptors (Lipinski definition) is 4. The quantitative estimate of drug-likeness (QED) is 0.742. The average Bonchev–Trinajstić information content (AvgIpc) is 3.04. The van der Waals surface area contributed by atoms with Gasteiger partial charge < -0.3 is 4.90 Å². The summed E-state index contributed by atoms with van der Waals surface area (Å²) in [5.74, 6) is -0.918. The lowest BCUT2D eigenvalue weighted by molar-refractivity contribution is -0.133. The van der Waals surface area contributed by atoms with Crippen LogP contribution in [-0.2, 0) is 20.8 Å². The Labute approximate surface area is 168 Å². The van der Waals surface area contributed by atoms with E-state index in [1.807, 2.05) is 40.1 Å². The molecule has 2 aliphatic rings. The normalized spacial score (nSPS) is 20.4. The Hall–Kier alpha value is -3.06. The van der Waals surface area contributed by atoms with Crippen LogP contribution >= 0.6 is 0 Å². The van der Waals surface area contributed by atoms with Gasteiger partial charge in [-0.15, -0.1) is 0 Å². The number of rotatable bonds is 4. The largest absolute Gasteiger partial charge is 0.340 e. The summed E-state index contributed by atoms with van der Waals surface area (Å²) in [7, 11) is 0. The molecule has 6 nitrogen and oxygen atoms in total. The van der Waals surface area contributed by atoms with Gasteiger partial charge >= 0.3 is 0 Å². The van der Waals surface area contributed by atoms with Gasteiger partial charge in [-0.3, -0.25) is 19.3 Å². The average molecular weight is 395 g/mol. The van der Waals surface area contributed by atoms with Crippen LogP contribution in [-0.4, -0.2) is 59.7 Å². The second kappa shape index (κ2) is 8.13. The first-order chi connectivity index (χ1) is 14.0. The predicted molar refractivity (Wildman–Crippen MR) is 106 cm³/mol. The summed E-state index contributed by atoms with van der Waals surface area (Å²) in [6, 6.07) is 14.4. The van der Waals surface area contributed by atoms with E-state index in [0.717, 1.165) is 10.5 Å². The van der Waals surface area contributed by atoms with Crippen molar-refractivity contribution < 1.29 is 18.8 Å². The Balaban J connectivity index is 1.36. The second-order valence-electron chi connectivity index (χ2n) is 7.34. The molecular weight excluding hydrogens is 373 g/mol. The maximum absolute atomic E-state index is 13.1. The van der Waals surface area contributed by atoms with E-state index in [0.29, 0.717) is 38.3 Å². The highest BCUT2D eigenvalue weighted by molar-refractivity contribution is 6.22. The van der Waals surface area contributed by atoms with Crippen molar-refractivity contribution in [1.82, 2.24) is 9.80 Å². The maximum atomic E-state index is 13.1. The molecule has 0 aromatic heterocycles. The molecular formula is C22H22FN3O3. The summed E-state index contributed by atoms with van der Waals surface area (Å²) in [6.45, 7) is 2.14. The zero-order valence-corrected chi connectivity index (χ0v) is 16.0. The molecule has 2 aromatic carbocycles. The number of piperazine rings is 1. The van der Waals surface area contributed by atoms with Gasteiger partial charge in [-0.2, -0.15) is 0 Å². The molecule has 0 unspecified atom stereocenters. The topological polar surface area (TPSA) is 60.9 Å². The molecule has 2 aromatic rings. The van der Waals surface area contributed by atoms with E-state index in [-0.39, 0.29) is 24.1 Å². The molecule has 1 atom stereocenters. The summed E-state index contributed by atoms with van der Waals surface area (Å²) < 4.78 is 13.1. The number of nitrogens with zero attached hydrogens (tertiary/aromatic N) is 3. The maximum Gasteiger partial charge on any atom is 0.251 e. The SMILES string of the molecule is O=C(Cc1ccccc1)N1CCN([C@H]2CC(=O)N(c3ccc(F)cc3)C2=O)CC1. The number of imide groups is 1. The number of carbonyl (C=O) groups excluding carboxylic acids is 3. The molecule has 0 N–H and O–H groups in total. The molecule has 150 valence electrons. The zero-order chi connectivity index (χ0) is 20.4. The van der Waals surface area contributed by atoms with Crippen LogP contribution in [0.25, 0.3) is 0 Å². The summed E-state index contributed by atoms with van der Waals surface area (Å²) >= 11 is 0. The lowest BCUT2D eigenvalue weighted by Gasteiger charge is -2.37. The minimum absolute atomic E-state index is 0.0672. The van der Waals surface area contributed by atoms with Crippen molar-refractivity contribution in [2.24, 2.45) is 0 Å². The number of carbonyl (C=O) groups is 3. The molecule has 0 aliphatic carbocycles. The van der Waals surface area contributed by atoms with E-state index < -0.39 is 11.9 Å². The van der Waals surface area contributed by atoms with E-state index >= 15 is 0 Å². The van der Waals surface area contributed by atoms with Crippen molar-refractivity contribution in [1.29, 1.82) is 0 Å². The van der Waals surface area contributed by atoms with Crippen molar-refractivity contribution in [3.05, 3.63) is 66.0 Å². The van der Waals surface area contributed by atoms with E-state index in [9.17, 15) is 18.8 Å². The van der Waals surface area contributed by atoms with Crippen LogP contribution in [0.2, 0.25) is 0 Å². The highest BCUT2D eigenvalue weighted by Gasteiger charge is 2.43. The van der Waals surface area contributed by atoms with Gasteiger partial charge in [-0.1, -0.05) is 30.3 Å². The number of anilines is 1. The Morgan fingerprint density at radius 1 is 0.931 bits per heavy atom.